The van der Waals surface area contributed by atoms with E-state index in [1.807, 2.05) is 0 Å². The van der Waals surface area contributed by atoms with Gasteiger partial charge in [-0.2, -0.15) is 4.31 Å². The maximum Gasteiger partial charge on any atom is 0.306 e. The second kappa shape index (κ2) is 9.11. The van der Waals surface area contributed by atoms with Crippen LogP contribution in [0.2, 0.25) is 0 Å². The Kier molecular flexibility index (Phi) is 7.11. The molecule has 0 saturated carbocycles. The maximum atomic E-state index is 12.8. The lowest BCUT2D eigenvalue weighted by atomic mass is 9.92. The number of sulfonamides is 1. The zero-order valence-corrected chi connectivity index (χ0v) is 15.2. The second-order valence-corrected chi connectivity index (χ2v) is 8.18. The summed E-state index contributed by atoms with van der Waals surface area (Å²) in [6.07, 6.45) is -0.0189. The molecule has 0 bridgehead atoms. The molecule has 1 saturated heterocycles. The van der Waals surface area contributed by atoms with E-state index in [0.717, 1.165) is 4.31 Å². The van der Waals surface area contributed by atoms with E-state index in [2.05, 4.69) is 0 Å². The van der Waals surface area contributed by atoms with Crippen LogP contribution in [0.15, 0.2) is 24.3 Å². The van der Waals surface area contributed by atoms with Crippen molar-refractivity contribution in [2.24, 2.45) is 5.92 Å². The number of hydrogen-bond donors (Lipinski definition) is 3. The highest BCUT2D eigenvalue weighted by atomic mass is 32.2. The molecule has 1 aromatic rings. The van der Waals surface area contributed by atoms with E-state index in [1.54, 1.807) is 0 Å². The van der Waals surface area contributed by atoms with Crippen LogP contribution in [-0.4, -0.2) is 59.9 Å². The minimum absolute atomic E-state index is 0.0628. The molecule has 9 nitrogen and oxygen atoms in total. The molecule has 2 atom stereocenters. The van der Waals surface area contributed by atoms with Crippen molar-refractivity contribution in [3.63, 3.8) is 0 Å². The van der Waals surface area contributed by atoms with Gasteiger partial charge in [0.25, 0.3) is 5.91 Å². The molecule has 1 fully saturated rings. The van der Waals surface area contributed by atoms with Gasteiger partial charge in [0.2, 0.25) is 10.0 Å². The number of carboxylic acids is 1. The van der Waals surface area contributed by atoms with E-state index in [-0.39, 0.29) is 38.2 Å². The lowest BCUT2D eigenvalue weighted by Gasteiger charge is -2.35. The molecule has 2 unspecified atom stereocenters. The fourth-order valence-electron chi connectivity index (χ4n) is 2.89. The molecule has 2 rings (SSSR count). The molecule has 27 heavy (non-hydrogen) atoms. The number of aliphatic carboxylic acids is 1. The third-order valence-electron chi connectivity index (χ3n) is 4.30. The summed E-state index contributed by atoms with van der Waals surface area (Å²) in [6, 6.07) is 3.99. The highest BCUT2D eigenvalue weighted by molar-refractivity contribution is 7.89. The molecule has 3 N–H and O–H groups in total. The fraction of sp³-hybridized carbons (Fsp3) is 0.500. The van der Waals surface area contributed by atoms with Gasteiger partial charge in [-0.05, 0) is 43.5 Å². The van der Waals surface area contributed by atoms with Crippen LogP contribution in [0.1, 0.15) is 19.3 Å². The summed E-state index contributed by atoms with van der Waals surface area (Å²) < 4.78 is 44.2. The minimum Gasteiger partial charge on any atom is -0.494 e. The van der Waals surface area contributed by atoms with Crippen molar-refractivity contribution >= 4 is 21.9 Å². The summed E-state index contributed by atoms with van der Waals surface area (Å²) in [6.45, 7) is -0.0660. The summed E-state index contributed by atoms with van der Waals surface area (Å²) in [5, 5.41) is 17.9. The van der Waals surface area contributed by atoms with Gasteiger partial charge in [0.1, 0.15) is 17.6 Å². The Morgan fingerprint density at radius 2 is 1.96 bits per heavy atom. The number of rotatable bonds is 8. The molecule has 0 spiro atoms. The van der Waals surface area contributed by atoms with Crippen LogP contribution in [0, 0.1) is 11.7 Å². The first-order valence-corrected chi connectivity index (χ1v) is 9.90. The predicted molar refractivity (Wildman–Crippen MR) is 91.1 cm³/mol. The molecule has 0 aliphatic carbocycles. The average molecular weight is 404 g/mol. The van der Waals surface area contributed by atoms with E-state index in [9.17, 15) is 22.4 Å². The van der Waals surface area contributed by atoms with Crippen molar-refractivity contribution in [2.75, 3.05) is 18.9 Å². The summed E-state index contributed by atoms with van der Waals surface area (Å²) in [5.74, 6) is -3.28. The van der Waals surface area contributed by atoms with Crippen LogP contribution in [-0.2, 0) is 19.6 Å². The van der Waals surface area contributed by atoms with Crippen molar-refractivity contribution < 1.29 is 37.4 Å². The Morgan fingerprint density at radius 1 is 1.30 bits per heavy atom. The number of hydrogen-bond acceptors (Lipinski definition) is 6. The Bertz CT molecular complexity index is 769. The summed E-state index contributed by atoms with van der Waals surface area (Å²) in [4.78, 5) is 23.0. The number of carbonyl (C=O) groups excluding carboxylic acids is 1. The van der Waals surface area contributed by atoms with Gasteiger partial charge >= 0.3 is 5.97 Å². The number of nitrogens with one attached hydrogen (secondary N) is 1. The van der Waals surface area contributed by atoms with Gasteiger partial charge in [-0.3, -0.25) is 14.8 Å². The zero-order chi connectivity index (χ0) is 20.0. The predicted octanol–water partition coefficient (Wildman–Crippen LogP) is 0.595. The normalized spacial score (nSPS) is 20.8. The highest BCUT2D eigenvalue weighted by Gasteiger charge is 2.41. The van der Waals surface area contributed by atoms with Crippen molar-refractivity contribution in [2.45, 2.75) is 25.3 Å². The molecule has 1 aromatic carbocycles. The van der Waals surface area contributed by atoms with E-state index in [4.69, 9.17) is 15.1 Å². The molecule has 11 heteroatoms. The van der Waals surface area contributed by atoms with Crippen LogP contribution in [0.5, 0.6) is 5.75 Å². The number of halogens is 1. The number of ether oxygens (including phenoxy) is 1. The number of nitrogens with zero attached hydrogens (tertiary/aromatic N) is 1. The van der Waals surface area contributed by atoms with Gasteiger partial charge in [-0.15, -0.1) is 0 Å². The van der Waals surface area contributed by atoms with Crippen molar-refractivity contribution in [3.8, 4) is 5.75 Å². The fourth-order valence-corrected chi connectivity index (χ4v) is 4.56. The first-order valence-electron chi connectivity index (χ1n) is 8.29. The minimum atomic E-state index is -3.87. The lowest BCUT2D eigenvalue weighted by Crippen LogP contribution is -2.54. The van der Waals surface area contributed by atoms with E-state index < -0.39 is 39.7 Å². The summed E-state index contributed by atoms with van der Waals surface area (Å²) in [7, 11) is -3.87. The van der Waals surface area contributed by atoms with Crippen LogP contribution in [0.25, 0.3) is 0 Å². The topological polar surface area (TPSA) is 133 Å². The van der Waals surface area contributed by atoms with Crippen molar-refractivity contribution in [1.29, 1.82) is 0 Å². The van der Waals surface area contributed by atoms with E-state index in [0.29, 0.717) is 5.75 Å². The number of carboxylic acid groups (broad SMARTS) is 1. The molecule has 1 amide bonds. The lowest BCUT2D eigenvalue weighted by molar-refractivity contribution is -0.145. The Hall–Kier alpha value is -2.24. The number of amides is 1. The van der Waals surface area contributed by atoms with Gasteiger partial charge in [-0.1, -0.05) is 0 Å². The Morgan fingerprint density at radius 3 is 2.56 bits per heavy atom. The molecule has 150 valence electrons. The molecular formula is C16H21FN2O7S. The SMILES string of the molecule is O=C(O)C1CCN(S(=O)(=O)CCCOc2ccc(F)cc2)C(C(=O)NO)C1. The van der Waals surface area contributed by atoms with Crippen LogP contribution >= 0.6 is 0 Å². The van der Waals surface area contributed by atoms with Crippen LogP contribution < -0.4 is 10.2 Å². The Labute approximate surface area is 155 Å². The van der Waals surface area contributed by atoms with E-state index in [1.165, 1.54) is 29.7 Å². The highest BCUT2D eigenvalue weighted by Crippen LogP contribution is 2.26. The van der Waals surface area contributed by atoms with Crippen molar-refractivity contribution in [3.05, 3.63) is 30.1 Å². The molecule has 1 aliphatic heterocycles. The number of hydroxylamine groups is 1. The zero-order valence-electron chi connectivity index (χ0n) is 14.4. The third kappa shape index (κ3) is 5.62. The van der Waals surface area contributed by atoms with Gasteiger partial charge < -0.3 is 9.84 Å². The molecule has 0 aromatic heterocycles. The van der Waals surface area contributed by atoms with Gasteiger partial charge in [0, 0.05) is 6.54 Å². The van der Waals surface area contributed by atoms with Gasteiger partial charge in [-0.25, -0.2) is 18.3 Å². The van der Waals surface area contributed by atoms with E-state index >= 15 is 0 Å². The average Bonchev–Trinajstić information content (AvgIpc) is 2.65. The van der Waals surface area contributed by atoms with Crippen LogP contribution in [0.3, 0.4) is 0 Å². The van der Waals surface area contributed by atoms with Crippen molar-refractivity contribution in [1.82, 2.24) is 9.79 Å². The van der Waals surface area contributed by atoms with Gasteiger partial charge in [0.05, 0.1) is 18.3 Å². The third-order valence-corrected chi connectivity index (χ3v) is 6.26. The quantitative estimate of drug-likeness (QED) is 0.328. The summed E-state index contributed by atoms with van der Waals surface area (Å²) in [5.41, 5.74) is 1.40. The largest absolute Gasteiger partial charge is 0.494 e. The first-order chi connectivity index (χ1) is 12.7. The molecule has 1 aliphatic rings. The summed E-state index contributed by atoms with van der Waals surface area (Å²) >= 11 is 0. The number of carbonyl (C=O) groups is 2. The number of benzene rings is 1. The van der Waals surface area contributed by atoms with Crippen LogP contribution in [0.4, 0.5) is 4.39 Å². The maximum absolute atomic E-state index is 12.8. The standard InChI is InChI=1S/C16H21FN2O7S/c17-12-2-4-13(5-3-12)26-8-1-9-27(24,25)19-7-6-11(16(21)22)10-14(19)15(20)18-23/h2-5,11,14,23H,1,6-10H2,(H,18,20)(H,21,22). The smallest absolute Gasteiger partial charge is 0.306 e. The molecule has 0 radical (unpaired) electrons. The molecule has 1 heterocycles. The number of piperidine rings is 1. The van der Waals surface area contributed by atoms with Gasteiger partial charge in [0.15, 0.2) is 0 Å². The molecular weight excluding hydrogens is 383 g/mol. The first kappa shape index (κ1) is 21.1. The monoisotopic (exact) mass is 404 g/mol. The Balaban J connectivity index is 1.95. The second-order valence-electron chi connectivity index (χ2n) is 6.13.